The first-order valence-corrected chi connectivity index (χ1v) is 7.09. The van der Waals surface area contributed by atoms with Crippen LogP contribution in [-0.2, 0) is 11.3 Å². The van der Waals surface area contributed by atoms with Crippen molar-refractivity contribution in [2.45, 2.75) is 13.5 Å². The lowest BCUT2D eigenvalue weighted by Crippen LogP contribution is -2.04. The molecule has 112 valence electrons. The Bertz CT molecular complexity index is 781. The minimum atomic E-state index is -0.419. The van der Waals surface area contributed by atoms with Gasteiger partial charge in [0.05, 0.1) is 6.61 Å². The Morgan fingerprint density at radius 1 is 1.23 bits per heavy atom. The summed E-state index contributed by atoms with van der Waals surface area (Å²) in [7, 11) is 0. The maximum absolute atomic E-state index is 11.7. The normalized spacial score (nSPS) is 10.6. The van der Waals surface area contributed by atoms with Gasteiger partial charge < -0.3 is 13.9 Å². The van der Waals surface area contributed by atoms with Gasteiger partial charge in [-0.25, -0.2) is 9.78 Å². The van der Waals surface area contributed by atoms with Gasteiger partial charge in [-0.15, -0.1) is 0 Å². The summed E-state index contributed by atoms with van der Waals surface area (Å²) in [4.78, 5) is 15.9. The zero-order valence-electron chi connectivity index (χ0n) is 12.2. The number of carbonyl (C=O) groups excluding carboxylic acids is 1. The van der Waals surface area contributed by atoms with Crippen molar-refractivity contribution in [1.82, 2.24) is 9.38 Å². The molecule has 0 atom stereocenters. The van der Waals surface area contributed by atoms with Crippen molar-refractivity contribution in [2.75, 3.05) is 6.61 Å². The van der Waals surface area contributed by atoms with Gasteiger partial charge in [0.1, 0.15) is 18.0 Å². The van der Waals surface area contributed by atoms with Crippen LogP contribution in [0.15, 0.2) is 54.9 Å². The number of ether oxygens (including phenoxy) is 2. The summed E-state index contributed by atoms with van der Waals surface area (Å²) in [5.74, 6) is 0.287. The van der Waals surface area contributed by atoms with Gasteiger partial charge in [0.2, 0.25) is 0 Å². The van der Waals surface area contributed by atoms with Crippen LogP contribution in [0.2, 0.25) is 0 Å². The highest BCUT2D eigenvalue weighted by molar-refractivity contribution is 5.88. The number of carbonyl (C=O) groups is 1. The number of imidazole rings is 1. The van der Waals surface area contributed by atoms with Gasteiger partial charge in [-0.05, 0) is 18.6 Å². The molecular formula is C17H16N2O3. The zero-order chi connectivity index (χ0) is 15.4. The summed E-state index contributed by atoms with van der Waals surface area (Å²) >= 11 is 0. The molecule has 22 heavy (non-hydrogen) atoms. The summed E-state index contributed by atoms with van der Waals surface area (Å²) in [6, 6.07) is 13.6. The molecule has 0 radical (unpaired) electrons. The van der Waals surface area contributed by atoms with E-state index in [9.17, 15) is 4.79 Å². The van der Waals surface area contributed by atoms with E-state index in [1.54, 1.807) is 23.6 Å². The van der Waals surface area contributed by atoms with Gasteiger partial charge in [0, 0.05) is 18.5 Å². The van der Waals surface area contributed by atoms with Gasteiger partial charge in [-0.3, -0.25) is 0 Å². The Morgan fingerprint density at radius 2 is 2.05 bits per heavy atom. The van der Waals surface area contributed by atoms with Crippen molar-refractivity contribution in [3.63, 3.8) is 0 Å². The fourth-order valence-corrected chi connectivity index (χ4v) is 2.10. The fourth-order valence-electron chi connectivity index (χ4n) is 2.10. The van der Waals surface area contributed by atoms with Gasteiger partial charge in [-0.2, -0.15) is 0 Å². The molecule has 1 aromatic carbocycles. The topological polar surface area (TPSA) is 52.8 Å². The molecule has 0 unspecified atom stereocenters. The number of aromatic nitrogens is 2. The second-order valence-corrected chi connectivity index (χ2v) is 4.75. The van der Waals surface area contributed by atoms with Gasteiger partial charge >= 0.3 is 5.97 Å². The van der Waals surface area contributed by atoms with Crippen LogP contribution < -0.4 is 4.74 Å². The third kappa shape index (κ3) is 3.09. The highest BCUT2D eigenvalue weighted by Gasteiger charge is 2.11. The van der Waals surface area contributed by atoms with Gasteiger partial charge in [0.25, 0.3) is 0 Å². The number of benzene rings is 1. The van der Waals surface area contributed by atoms with E-state index in [0.717, 1.165) is 5.56 Å². The molecule has 0 saturated carbocycles. The molecule has 5 heteroatoms. The maximum Gasteiger partial charge on any atom is 0.358 e. The fraction of sp³-hybridized carbons (Fsp3) is 0.176. The van der Waals surface area contributed by atoms with E-state index in [0.29, 0.717) is 30.3 Å². The van der Waals surface area contributed by atoms with Crippen molar-refractivity contribution >= 4 is 11.6 Å². The van der Waals surface area contributed by atoms with Crippen LogP contribution >= 0.6 is 0 Å². The van der Waals surface area contributed by atoms with E-state index >= 15 is 0 Å². The minimum Gasteiger partial charge on any atom is -0.489 e. The quantitative estimate of drug-likeness (QED) is 0.679. The van der Waals surface area contributed by atoms with Gasteiger partial charge in [-0.1, -0.05) is 30.3 Å². The summed E-state index contributed by atoms with van der Waals surface area (Å²) < 4.78 is 12.5. The molecule has 0 bridgehead atoms. The van der Waals surface area contributed by atoms with E-state index in [1.807, 2.05) is 42.6 Å². The van der Waals surface area contributed by atoms with E-state index in [2.05, 4.69) is 4.98 Å². The molecule has 0 N–H and O–H groups in total. The molecular weight excluding hydrogens is 280 g/mol. The highest BCUT2D eigenvalue weighted by atomic mass is 16.5. The third-order valence-electron chi connectivity index (χ3n) is 3.16. The third-order valence-corrected chi connectivity index (χ3v) is 3.16. The van der Waals surface area contributed by atoms with Crippen molar-refractivity contribution in [1.29, 1.82) is 0 Å². The molecule has 0 aliphatic rings. The first-order valence-electron chi connectivity index (χ1n) is 7.09. The molecule has 3 aromatic rings. The van der Waals surface area contributed by atoms with Crippen LogP contribution in [0.4, 0.5) is 0 Å². The number of hydrogen-bond donors (Lipinski definition) is 0. The lowest BCUT2D eigenvalue weighted by Gasteiger charge is -2.06. The Morgan fingerprint density at radius 3 is 2.82 bits per heavy atom. The first kappa shape index (κ1) is 14.1. The Hall–Kier alpha value is -2.82. The summed E-state index contributed by atoms with van der Waals surface area (Å²) in [5.41, 5.74) is 2.04. The minimum absolute atomic E-state index is 0.294. The summed E-state index contributed by atoms with van der Waals surface area (Å²) in [6.07, 6.45) is 3.46. The molecule has 0 aliphatic heterocycles. The summed E-state index contributed by atoms with van der Waals surface area (Å²) in [6.45, 7) is 2.59. The molecule has 0 amide bonds. The molecule has 0 fully saturated rings. The maximum atomic E-state index is 11.7. The van der Waals surface area contributed by atoms with Crippen molar-refractivity contribution in [2.24, 2.45) is 0 Å². The highest BCUT2D eigenvalue weighted by Crippen LogP contribution is 2.16. The number of hydrogen-bond acceptors (Lipinski definition) is 4. The Labute approximate surface area is 128 Å². The van der Waals surface area contributed by atoms with E-state index in [1.165, 1.54) is 0 Å². The van der Waals surface area contributed by atoms with Crippen LogP contribution in [0, 0.1) is 0 Å². The molecule has 2 aromatic heterocycles. The van der Waals surface area contributed by atoms with Crippen LogP contribution in [0.3, 0.4) is 0 Å². The molecule has 5 nitrogen and oxygen atoms in total. The number of fused-ring (bicyclic) bond motifs is 1. The Kier molecular flexibility index (Phi) is 4.05. The zero-order valence-corrected chi connectivity index (χ0v) is 12.2. The summed E-state index contributed by atoms with van der Waals surface area (Å²) in [5, 5.41) is 0. The Balaban J connectivity index is 1.76. The van der Waals surface area contributed by atoms with E-state index in [-0.39, 0.29) is 0 Å². The first-order chi connectivity index (χ1) is 10.8. The molecule has 0 aliphatic carbocycles. The number of esters is 1. The van der Waals surface area contributed by atoms with Crippen molar-refractivity contribution < 1.29 is 14.3 Å². The average Bonchev–Trinajstić information content (AvgIpc) is 2.97. The second kappa shape index (κ2) is 6.30. The number of pyridine rings is 1. The van der Waals surface area contributed by atoms with E-state index in [4.69, 9.17) is 9.47 Å². The second-order valence-electron chi connectivity index (χ2n) is 4.75. The number of rotatable bonds is 5. The van der Waals surface area contributed by atoms with E-state index < -0.39 is 5.97 Å². The van der Waals surface area contributed by atoms with Crippen LogP contribution in [0.25, 0.3) is 5.65 Å². The number of nitrogens with zero attached hydrogens (tertiary/aromatic N) is 2. The molecule has 0 spiro atoms. The van der Waals surface area contributed by atoms with Crippen LogP contribution in [0.5, 0.6) is 5.75 Å². The predicted molar refractivity (Wildman–Crippen MR) is 81.9 cm³/mol. The lowest BCUT2D eigenvalue weighted by atomic mass is 10.2. The van der Waals surface area contributed by atoms with Crippen LogP contribution in [0.1, 0.15) is 23.0 Å². The van der Waals surface area contributed by atoms with Gasteiger partial charge in [0.15, 0.2) is 5.69 Å². The van der Waals surface area contributed by atoms with Crippen molar-refractivity contribution in [3.05, 3.63) is 66.1 Å². The molecule has 2 heterocycles. The largest absolute Gasteiger partial charge is 0.489 e. The SMILES string of the molecule is CCOC(=O)c1cn2ccc(OCc3ccccc3)cc2n1. The lowest BCUT2D eigenvalue weighted by molar-refractivity contribution is 0.0520. The molecule has 3 rings (SSSR count). The average molecular weight is 296 g/mol. The smallest absolute Gasteiger partial charge is 0.358 e. The standard InChI is InChI=1S/C17H16N2O3/c1-2-21-17(20)15-11-19-9-8-14(10-16(19)18-15)22-12-13-6-4-3-5-7-13/h3-11H,2,12H2,1H3. The monoisotopic (exact) mass is 296 g/mol. The molecule has 0 saturated heterocycles. The van der Waals surface area contributed by atoms with Crippen LogP contribution in [-0.4, -0.2) is 22.0 Å². The predicted octanol–water partition coefficient (Wildman–Crippen LogP) is 3.09. The van der Waals surface area contributed by atoms with Crippen molar-refractivity contribution in [3.8, 4) is 5.75 Å².